The van der Waals surface area contributed by atoms with Gasteiger partial charge >= 0.3 is 0 Å². The summed E-state index contributed by atoms with van der Waals surface area (Å²) in [5.41, 5.74) is 3.10. The first kappa shape index (κ1) is 24.8. The summed E-state index contributed by atoms with van der Waals surface area (Å²) in [5, 5.41) is 11.3. The summed E-state index contributed by atoms with van der Waals surface area (Å²) in [7, 11) is 1.55. The molecule has 1 N–H and O–H groups in total. The highest BCUT2D eigenvalue weighted by Crippen LogP contribution is 2.40. The average molecular weight is 506 g/mol. The monoisotopic (exact) mass is 505 g/mol. The minimum absolute atomic E-state index is 0.0500. The number of benzene rings is 4. The first-order valence-electron chi connectivity index (χ1n) is 12.3. The van der Waals surface area contributed by atoms with Crippen molar-refractivity contribution < 1.29 is 24.2 Å². The second-order valence-corrected chi connectivity index (χ2v) is 8.98. The van der Waals surface area contributed by atoms with Crippen molar-refractivity contribution in [2.45, 2.75) is 19.2 Å². The molecular weight excluding hydrogens is 478 g/mol. The topological polar surface area (TPSA) is 76.1 Å². The zero-order chi connectivity index (χ0) is 26.5. The van der Waals surface area contributed by atoms with Crippen molar-refractivity contribution in [3.8, 4) is 11.5 Å². The number of Topliss-reactive ketones (excluding diaryl/α,β-unsaturated/α-hetero) is 1. The number of hydrogen-bond donors (Lipinski definition) is 1. The van der Waals surface area contributed by atoms with Gasteiger partial charge in [0.15, 0.2) is 0 Å². The number of likely N-dealkylation sites (tertiary alicyclic amines) is 1. The normalized spacial score (nSPS) is 16.4. The van der Waals surface area contributed by atoms with Gasteiger partial charge in [-0.05, 0) is 53.1 Å². The second kappa shape index (κ2) is 11.0. The predicted octanol–water partition coefficient (Wildman–Crippen LogP) is 5.90. The third kappa shape index (κ3) is 5.15. The maximum Gasteiger partial charge on any atom is 0.295 e. The summed E-state index contributed by atoms with van der Waals surface area (Å²) >= 11 is 0. The van der Waals surface area contributed by atoms with E-state index in [1.807, 2.05) is 84.9 Å². The van der Waals surface area contributed by atoms with E-state index in [4.69, 9.17) is 9.47 Å². The number of rotatable bonds is 8. The van der Waals surface area contributed by atoms with E-state index in [1.165, 1.54) is 4.90 Å². The Kier molecular flexibility index (Phi) is 7.22. The summed E-state index contributed by atoms with van der Waals surface area (Å²) in [4.78, 5) is 28.1. The number of aliphatic hydroxyl groups is 1. The van der Waals surface area contributed by atoms with Crippen LogP contribution in [0, 0.1) is 0 Å². The van der Waals surface area contributed by atoms with Crippen molar-refractivity contribution in [1.82, 2.24) is 4.90 Å². The molecule has 0 spiro atoms. The van der Waals surface area contributed by atoms with Crippen LogP contribution in [-0.2, 0) is 22.7 Å². The van der Waals surface area contributed by atoms with E-state index in [0.717, 1.165) is 11.1 Å². The van der Waals surface area contributed by atoms with Crippen molar-refractivity contribution >= 4 is 17.4 Å². The van der Waals surface area contributed by atoms with Crippen LogP contribution in [0.1, 0.15) is 28.3 Å². The molecule has 38 heavy (non-hydrogen) atoms. The lowest BCUT2D eigenvalue weighted by Gasteiger charge is -2.25. The number of ether oxygens (including phenoxy) is 2. The van der Waals surface area contributed by atoms with Gasteiger partial charge in [-0.25, -0.2) is 0 Å². The van der Waals surface area contributed by atoms with E-state index < -0.39 is 17.7 Å². The number of nitrogens with zero attached hydrogens (tertiary/aromatic N) is 1. The molecule has 1 amide bonds. The number of carbonyl (C=O) groups is 2. The van der Waals surface area contributed by atoms with E-state index in [2.05, 4.69) is 0 Å². The van der Waals surface area contributed by atoms with Crippen LogP contribution >= 0.6 is 0 Å². The summed E-state index contributed by atoms with van der Waals surface area (Å²) in [6.07, 6.45) is 0. The van der Waals surface area contributed by atoms with Gasteiger partial charge in [-0.2, -0.15) is 0 Å². The fourth-order valence-electron chi connectivity index (χ4n) is 4.56. The van der Waals surface area contributed by atoms with Crippen molar-refractivity contribution in [3.63, 3.8) is 0 Å². The van der Waals surface area contributed by atoms with Crippen molar-refractivity contribution in [2.75, 3.05) is 7.11 Å². The zero-order valence-electron chi connectivity index (χ0n) is 20.9. The molecule has 6 nitrogen and oxygen atoms in total. The Morgan fingerprint density at radius 3 is 1.95 bits per heavy atom. The van der Waals surface area contributed by atoms with Gasteiger partial charge in [0.2, 0.25) is 0 Å². The van der Waals surface area contributed by atoms with Crippen LogP contribution in [0.4, 0.5) is 0 Å². The van der Waals surface area contributed by atoms with E-state index >= 15 is 0 Å². The molecule has 4 aromatic carbocycles. The Hall–Kier alpha value is -4.84. The lowest BCUT2D eigenvalue weighted by Crippen LogP contribution is -2.29. The minimum Gasteiger partial charge on any atom is -0.507 e. The highest BCUT2D eigenvalue weighted by molar-refractivity contribution is 6.46. The van der Waals surface area contributed by atoms with Gasteiger partial charge in [0.05, 0.1) is 18.7 Å². The van der Waals surface area contributed by atoms with Gasteiger partial charge in [-0.15, -0.1) is 0 Å². The smallest absolute Gasteiger partial charge is 0.295 e. The van der Waals surface area contributed by atoms with Crippen molar-refractivity contribution in [1.29, 1.82) is 0 Å². The number of aliphatic hydroxyl groups excluding tert-OH is 1. The number of amides is 1. The number of methoxy groups -OCH3 is 1. The molecule has 1 aliphatic rings. The predicted molar refractivity (Wildman–Crippen MR) is 144 cm³/mol. The van der Waals surface area contributed by atoms with Gasteiger partial charge in [0.25, 0.3) is 11.7 Å². The molecule has 0 radical (unpaired) electrons. The fraction of sp³-hybridized carbons (Fsp3) is 0.125. The van der Waals surface area contributed by atoms with E-state index in [9.17, 15) is 14.7 Å². The molecule has 1 aliphatic heterocycles. The number of ketones is 1. The number of hydrogen-bond acceptors (Lipinski definition) is 5. The van der Waals surface area contributed by atoms with Gasteiger partial charge in [-0.3, -0.25) is 9.59 Å². The first-order valence-corrected chi connectivity index (χ1v) is 12.3. The van der Waals surface area contributed by atoms with Crippen molar-refractivity contribution in [3.05, 3.63) is 137 Å². The van der Waals surface area contributed by atoms with Gasteiger partial charge in [-0.1, -0.05) is 72.8 Å². The third-order valence-electron chi connectivity index (χ3n) is 6.54. The van der Waals surface area contributed by atoms with Crippen molar-refractivity contribution in [2.24, 2.45) is 0 Å². The van der Waals surface area contributed by atoms with Gasteiger partial charge < -0.3 is 19.5 Å². The molecule has 1 unspecified atom stereocenters. The lowest BCUT2D eigenvalue weighted by atomic mass is 9.95. The molecule has 4 aromatic rings. The Balaban J connectivity index is 1.51. The van der Waals surface area contributed by atoms with Gasteiger partial charge in [0, 0.05) is 12.1 Å². The molecular formula is C32H27NO5. The molecule has 5 rings (SSSR count). The molecule has 6 heteroatoms. The summed E-state index contributed by atoms with van der Waals surface area (Å²) < 4.78 is 11.1. The molecule has 1 atom stereocenters. The molecule has 1 heterocycles. The summed E-state index contributed by atoms with van der Waals surface area (Å²) in [6.45, 7) is 0.645. The summed E-state index contributed by atoms with van der Waals surface area (Å²) in [5.74, 6) is -0.320. The van der Waals surface area contributed by atoms with E-state index in [-0.39, 0.29) is 17.9 Å². The van der Waals surface area contributed by atoms with Crippen LogP contribution in [0.2, 0.25) is 0 Å². The van der Waals surface area contributed by atoms with E-state index in [0.29, 0.717) is 29.2 Å². The standard InChI is InChI=1S/C32H27NO5/c1-37-26-16-14-25(15-17-26)30(34)28-29(33(32(36)31(28)35)20-22-8-4-2-5-9-22)24-12-18-27(19-13-24)38-21-23-10-6-3-7-11-23/h2-19,29,34H,20-21H2,1H3. The Labute approximate surface area is 221 Å². The number of carbonyl (C=O) groups excluding carboxylic acids is 2. The van der Waals surface area contributed by atoms with Crippen LogP contribution in [0.3, 0.4) is 0 Å². The highest BCUT2D eigenvalue weighted by Gasteiger charge is 2.46. The first-order chi connectivity index (χ1) is 18.5. The van der Waals surface area contributed by atoms with Crippen LogP contribution < -0.4 is 9.47 Å². The summed E-state index contributed by atoms with van der Waals surface area (Å²) in [6, 6.07) is 32.6. The SMILES string of the molecule is COc1ccc(C(O)=C2C(=O)C(=O)N(Cc3ccccc3)C2c2ccc(OCc3ccccc3)cc2)cc1. The third-order valence-corrected chi connectivity index (χ3v) is 6.54. The second-order valence-electron chi connectivity index (χ2n) is 8.98. The zero-order valence-corrected chi connectivity index (χ0v) is 20.9. The highest BCUT2D eigenvalue weighted by atomic mass is 16.5. The molecule has 0 bridgehead atoms. The molecule has 0 aromatic heterocycles. The lowest BCUT2D eigenvalue weighted by molar-refractivity contribution is -0.140. The molecule has 0 aliphatic carbocycles. The largest absolute Gasteiger partial charge is 0.507 e. The maximum atomic E-state index is 13.3. The molecule has 0 saturated carbocycles. The van der Waals surface area contributed by atoms with E-state index in [1.54, 1.807) is 31.4 Å². The maximum absolute atomic E-state index is 13.3. The molecule has 1 fully saturated rings. The van der Waals surface area contributed by atoms with Gasteiger partial charge in [0.1, 0.15) is 23.9 Å². The minimum atomic E-state index is -0.763. The van der Waals surface area contributed by atoms with Crippen LogP contribution in [0.15, 0.2) is 115 Å². The van der Waals surface area contributed by atoms with Crippen LogP contribution in [0.5, 0.6) is 11.5 Å². The Morgan fingerprint density at radius 2 is 1.34 bits per heavy atom. The van der Waals surface area contributed by atoms with Crippen LogP contribution in [-0.4, -0.2) is 28.8 Å². The molecule has 1 saturated heterocycles. The van der Waals surface area contributed by atoms with Crippen LogP contribution in [0.25, 0.3) is 5.76 Å². The average Bonchev–Trinajstić information content (AvgIpc) is 3.22. The molecule has 190 valence electrons. The Morgan fingerprint density at radius 1 is 0.763 bits per heavy atom. The fourth-order valence-corrected chi connectivity index (χ4v) is 4.56. The quantitative estimate of drug-likeness (QED) is 0.183. The Bertz CT molecular complexity index is 1450.